The molecule has 1 fully saturated rings. The molecule has 3 heteroatoms. The summed E-state index contributed by atoms with van der Waals surface area (Å²) in [5.74, 6) is 1.28. The number of ketones is 1. The maximum Gasteiger partial charge on any atom is 0.163 e. The van der Waals surface area contributed by atoms with Gasteiger partial charge in [-0.05, 0) is 43.0 Å². The highest BCUT2D eigenvalue weighted by Gasteiger charge is 2.23. The fourth-order valence-electron chi connectivity index (χ4n) is 1.88. The van der Waals surface area contributed by atoms with E-state index in [0.717, 1.165) is 24.2 Å². The Morgan fingerprint density at radius 1 is 1.33 bits per heavy atom. The Labute approximate surface area is 108 Å². The molecule has 0 aliphatic heterocycles. The largest absolute Gasteiger partial charge is 0.490 e. The lowest BCUT2D eigenvalue weighted by molar-refractivity contribution is 0.0920. The Morgan fingerprint density at radius 3 is 2.56 bits per heavy atom. The van der Waals surface area contributed by atoms with Crippen LogP contribution in [0.1, 0.15) is 36.5 Å². The Balaban J connectivity index is 1.89. The zero-order valence-corrected chi connectivity index (χ0v) is 11.0. The van der Waals surface area contributed by atoms with Gasteiger partial charge in [-0.2, -0.15) is 0 Å². The monoisotopic (exact) mass is 248 g/mol. The van der Waals surface area contributed by atoms with E-state index in [2.05, 4.69) is 0 Å². The Kier molecular flexibility index (Phi) is 4.37. The molecule has 1 aromatic carbocycles. The average molecular weight is 248 g/mol. The van der Waals surface area contributed by atoms with Gasteiger partial charge in [-0.15, -0.1) is 0 Å². The second-order valence-electron chi connectivity index (χ2n) is 5.03. The van der Waals surface area contributed by atoms with Gasteiger partial charge in [0.25, 0.3) is 0 Å². The summed E-state index contributed by atoms with van der Waals surface area (Å²) in [6, 6.07) is 7.46. The molecule has 1 aliphatic rings. The zero-order valence-electron chi connectivity index (χ0n) is 11.0. The van der Waals surface area contributed by atoms with Crippen LogP contribution in [0, 0.1) is 5.92 Å². The molecule has 1 unspecified atom stereocenters. The third-order valence-corrected chi connectivity index (χ3v) is 2.99. The highest BCUT2D eigenvalue weighted by Crippen LogP contribution is 2.26. The van der Waals surface area contributed by atoms with Crippen molar-refractivity contribution >= 4 is 5.78 Å². The minimum absolute atomic E-state index is 0.164. The molecule has 0 saturated heterocycles. The second-order valence-corrected chi connectivity index (χ2v) is 5.03. The van der Waals surface area contributed by atoms with E-state index < -0.39 is 0 Å². The lowest BCUT2D eigenvalue weighted by Gasteiger charge is -2.09. The zero-order chi connectivity index (χ0) is 13.0. The maximum absolute atomic E-state index is 12.0. The van der Waals surface area contributed by atoms with Gasteiger partial charge >= 0.3 is 0 Å². The van der Waals surface area contributed by atoms with Crippen molar-refractivity contribution in [2.75, 3.05) is 13.7 Å². The van der Waals surface area contributed by atoms with Crippen LogP contribution in [0.2, 0.25) is 0 Å². The number of ether oxygens (including phenoxy) is 2. The molecule has 1 aromatic rings. The minimum Gasteiger partial charge on any atom is -0.490 e. The third kappa shape index (κ3) is 3.84. The van der Waals surface area contributed by atoms with Crippen LogP contribution < -0.4 is 4.74 Å². The number of Topliss-reactive ketones (excluding diaryl/α,β-unsaturated/α-hetero) is 1. The predicted molar refractivity (Wildman–Crippen MR) is 70.1 cm³/mol. The fraction of sp³-hybridized carbons (Fsp3) is 0.533. The molecule has 98 valence electrons. The molecule has 0 bridgehead atoms. The molecule has 0 heterocycles. The number of methoxy groups -OCH3 is 1. The van der Waals surface area contributed by atoms with Crippen LogP contribution in [0.25, 0.3) is 0 Å². The van der Waals surface area contributed by atoms with Gasteiger partial charge in [-0.1, -0.05) is 6.92 Å². The number of hydrogen-bond acceptors (Lipinski definition) is 3. The SMILES string of the molecule is COCC(C)CC(=O)c1ccc(OC2CC2)cc1. The van der Waals surface area contributed by atoms with Gasteiger partial charge in [0.2, 0.25) is 0 Å². The average Bonchev–Trinajstić information content (AvgIpc) is 3.14. The first-order valence-electron chi connectivity index (χ1n) is 6.48. The second kappa shape index (κ2) is 6.01. The van der Waals surface area contributed by atoms with Crippen molar-refractivity contribution in [3.05, 3.63) is 29.8 Å². The molecule has 0 N–H and O–H groups in total. The van der Waals surface area contributed by atoms with Crippen molar-refractivity contribution < 1.29 is 14.3 Å². The van der Waals surface area contributed by atoms with Crippen LogP contribution >= 0.6 is 0 Å². The van der Waals surface area contributed by atoms with Crippen molar-refractivity contribution in [1.29, 1.82) is 0 Å². The molecule has 1 saturated carbocycles. The Morgan fingerprint density at radius 2 is 2.00 bits per heavy atom. The molecule has 0 amide bonds. The third-order valence-electron chi connectivity index (χ3n) is 2.99. The van der Waals surface area contributed by atoms with Crippen molar-refractivity contribution in [2.24, 2.45) is 5.92 Å². The number of carbonyl (C=O) groups is 1. The van der Waals surface area contributed by atoms with Gasteiger partial charge in [-0.25, -0.2) is 0 Å². The van der Waals surface area contributed by atoms with Crippen LogP contribution in [-0.2, 0) is 4.74 Å². The summed E-state index contributed by atoms with van der Waals surface area (Å²) in [4.78, 5) is 12.0. The van der Waals surface area contributed by atoms with Gasteiger partial charge in [0.15, 0.2) is 5.78 Å². The van der Waals surface area contributed by atoms with Crippen molar-refractivity contribution in [1.82, 2.24) is 0 Å². The predicted octanol–water partition coefficient (Wildman–Crippen LogP) is 3.08. The van der Waals surface area contributed by atoms with E-state index in [1.165, 1.54) is 0 Å². The molecule has 0 aromatic heterocycles. The van der Waals surface area contributed by atoms with Crippen molar-refractivity contribution in [3.8, 4) is 5.75 Å². The fourth-order valence-corrected chi connectivity index (χ4v) is 1.88. The number of benzene rings is 1. The smallest absolute Gasteiger partial charge is 0.163 e. The van der Waals surface area contributed by atoms with E-state index in [4.69, 9.17) is 9.47 Å². The van der Waals surface area contributed by atoms with Crippen molar-refractivity contribution in [2.45, 2.75) is 32.3 Å². The first-order valence-corrected chi connectivity index (χ1v) is 6.48. The standard InChI is InChI=1S/C15H20O3/c1-11(10-17-2)9-15(16)12-3-5-13(6-4-12)18-14-7-8-14/h3-6,11,14H,7-10H2,1-2H3. The molecule has 0 radical (unpaired) electrons. The topological polar surface area (TPSA) is 35.5 Å². The van der Waals surface area contributed by atoms with Crippen LogP contribution in [-0.4, -0.2) is 25.6 Å². The number of hydrogen-bond donors (Lipinski definition) is 0. The lowest BCUT2D eigenvalue weighted by atomic mass is 10.0. The van der Waals surface area contributed by atoms with Gasteiger partial charge < -0.3 is 9.47 Å². The first-order chi connectivity index (χ1) is 8.69. The van der Waals surface area contributed by atoms with Gasteiger partial charge in [0, 0.05) is 25.7 Å². The summed E-state index contributed by atoms with van der Waals surface area (Å²) < 4.78 is 10.7. The Bertz CT molecular complexity index is 393. The number of carbonyl (C=O) groups excluding carboxylic acids is 1. The van der Waals surface area contributed by atoms with Crippen LogP contribution in [0.4, 0.5) is 0 Å². The molecule has 1 aliphatic carbocycles. The molecule has 0 spiro atoms. The molecule has 3 nitrogen and oxygen atoms in total. The van der Waals surface area contributed by atoms with E-state index in [0.29, 0.717) is 19.1 Å². The van der Waals surface area contributed by atoms with E-state index in [9.17, 15) is 4.79 Å². The normalized spacial score (nSPS) is 16.3. The highest BCUT2D eigenvalue weighted by atomic mass is 16.5. The summed E-state index contributed by atoms with van der Waals surface area (Å²) in [6.45, 7) is 2.64. The van der Waals surface area contributed by atoms with Crippen LogP contribution in [0.15, 0.2) is 24.3 Å². The lowest BCUT2D eigenvalue weighted by Crippen LogP contribution is -2.10. The van der Waals surface area contributed by atoms with E-state index >= 15 is 0 Å². The van der Waals surface area contributed by atoms with E-state index in [-0.39, 0.29) is 11.7 Å². The minimum atomic E-state index is 0.164. The summed E-state index contributed by atoms with van der Waals surface area (Å²) in [6.07, 6.45) is 3.22. The van der Waals surface area contributed by atoms with Gasteiger partial charge in [0.05, 0.1) is 6.10 Å². The van der Waals surface area contributed by atoms with E-state index in [1.807, 2.05) is 31.2 Å². The molecular weight excluding hydrogens is 228 g/mol. The first kappa shape index (κ1) is 13.1. The summed E-state index contributed by atoms with van der Waals surface area (Å²) in [5.41, 5.74) is 0.751. The van der Waals surface area contributed by atoms with Gasteiger partial charge in [-0.3, -0.25) is 4.79 Å². The quantitative estimate of drug-likeness (QED) is 0.696. The molecule has 2 rings (SSSR count). The Hall–Kier alpha value is -1.35. The molecule has 18 heavy (non-hydrogen) atoms. The highest BCUT2D eigenvalue weighted by molar-refractivity contribution is 5.96. The van der Waals surface area contributed by atoms with Gasteiger partial charge in [0.1, 0.15) is 5.75 Å². The van der Waals surface area contributed by atoms with Crippen molar-refractivity contribution in [3.63, 3.8) is 0 Å². The molecule has 1 atom stereocenters. The number of rotatable bonds is 7. The van der Waals surface area contributed by atoms with Crippen LogP contribution in [0.3, 0.4) is 0 Å². The summed E-state index contributed by atoms with van der Waals surface area (Å²) in [5, 5.41) is 0. The molecular formula is C15H20O3. The van der Waals surface area contributed by atoms with Crippen LogP contribution in [0.5, 0.6) is 5.75 Å². The summed E-state index contributed by atoms with van der Waals surface area (Å²) >= 11 is 0. The van der Waals surface area contributed by atoms with E-state index in [1.54, 1.807) is 7.11 Å². The maximum atomic E-state index is 12.0. The summed E-state index contributed by atoms with van der Waals surface area (Å²) in [7, 11) is 1.66.